The predicted octanol–water partition coefficient (Wildman–Crippen LogP) is 3.01. The smallest absolute Gasteiger partial charge is 0.222 e. The molecule has 2 nitrogen and oxygen atoms in total. The van der Waals surface area contributed by atoms with Gasteiger partial charge in [-0.1, -0.05) is 29.8 Å². The molecule has 94 valence electrons. The van der Waals surface area contributed by atoms with Crippen LogP contribution in [0.25, 0.3) is 0 Å². The first-order valence-electron chi connectivity index (χ1n) is 5.92. The van der Waals surface area contributed by atoms with E-state index in [0.29, 0.717) is 13.0 Å². The summed E-state index contributed by atoms with van der Waals surface area (Å²) in [5.41, 5.74) is 2.45. The Morgan fingerprint density at radius 1 is 1.35 bits per heavy atom. The molecule has 1 aromatic rings. The Morgan fingerprint density at radius 2 is 1.94 bits per heavy atom. The number of hydrogen-bond acceptors (Lipinski definition) is 1. The molecule has 3 heteroatoms. The molecule has 0 bridgehead atoms. The first-order chi connectivity index (χ1) is 7.99. The quantitative estimate of drug-likeness (QED) is 0.739. The Balaban J connectivity index is 2.40. The highest BCUT2D eigenvalue weighted by Crippen LogP contribution is 2.07. The second-order valence-electron chi connectivity index (χ2n) is 4.54. The lowest BCUT2D eigenvalue weighted by Crippen LogP contribution is -2.31. The molecule has 0 aromatic heterocycles. The number of benzene rings is 1. The molecule has 0 aliphatic rings. The Kier molecular flexibility index (Phi) is 5.49. The largest absolute Gasteiger partial charge is 0.344 e. The van der Waals surface area contributed by atoms with Crippen LogP contribution in [-0.4, -0.2) is 29.8 Å². The van der Waals surface area contributed by atoms with E-state index in [9.17, 15) is 4.79 Å². The zero-order chi connectivity index (χ0) is 12.8. The third kappa shape index (κ3) is 5.22. The Hall–Kier alpha value is -1.02. The van der Waals surface area contributed by atoms with E-state index in [-0.39, 0.29) is 11.3 Å². The number of carbonyl (C=O) groups excluding carboxylic acids is 1. The summed E-state index contributed by atoms with van der Waals surface area (Å²) in [4.78, 5) is 13.5. The minimum absolute atomic E-state index is 0.00308. The van der Waals surface area contributed by atoms with E-state index in [1.54, 1.807) is 11.9 Å². The van der Waals surface area contributed by atoms with Gasteiger partial charge in [-0.05, 0) is 25.8 Å². The van der Waals surface area contributed by atoms with Gasteiger partial charge in [-0.15, -0.1) is 11.6 Å². The fourth-order valence-corrected chi connectivity index (χ4v) is 1.88. The molecule has 1 rings (SSSR count). The van der Waals surface area contributed by atoms with Crippen molar-refractivity contribution in [3.8, 4) is 0 Å². The molecule has 1 aromatic carbocycles. The van der Waals surface area contributed by atoms with Crippen molar-refractivity contribution >= 4 is 17.5 Å². The molecular formula is C14H20ClNO. The van der Waals surface area contributed by atoms with Crippen molar-refractivity contribution in [1.82, 2.24) is 4.90 Å². The highest BCUT2D eigenvalue weighted by atomic mass is 35.5. The van der Waals surface area contributed by atoms with Crippen LogP contribution in [0.5, 0.6) is 0 Å². The number of nitrogens with zero attached hydrogens (tertiary/aromatic N) is 1. The summed E-state index contributed by atoms with van der Waals surface area (Å²) < 4.78 is 0. The van der Waals surface area contributed by atoms with Gasteiger partial charge in [0.2, 0.25) is 5.91 Å². The molecule has 0 aliphatic carbocycles. The summed E-state index contributed by atoms with van der Waals surface area (Å²) in [6.45, 7) is 4.56. The standard InChI is InChI=1S/C14H20ClNO/c1-11-4-6-13(7-5-11)8-9-14(17)16(3)10-12(2)15/h4-7,12H,8-10H2,1-3H3. The van der Waals surface area contributed by atoms with Crippen LogP contribution in [0, 0.1) is 6.92 Å². The van der Waals surface area contributed by atoms with E-state index in [2.05, 4.69) is 31.2 Å². The van der Waals surface area contributed by atoms with Crippen LogP contribution >= 0.6 is 11.6 Å². The average molecular weight is 254 g/mol. The van der Waals surface area contributed by atoms with E-state index in [1.807, 2.05) is 6.92 Å². The van der Waals surface area contributed by atoms with Gasteiger partial charge in [0.1, 0.15) is 0 Å². The van der Waals surface area contributed by atoms with Crippen molar-refractivity contribution in [3.05, 3.63) is 35.4 Å². The highest BCUT2D eigenvalue weighted by Gasteiger charge is 2.10. The molecule has 0 saturated carbocycles. The van der Waals surface area contributed by atoms with Gasteiger partial charge in [-0.3, -0.25) is 4.79 Å². The van der Waals surface area contributed by atoms with E-state index in [0.717, 1.165) is 6.42 Å². The Bertz CT molecular complexity index is 359. The van der Waals surface area contributed by atoms with Gasteiger partial charge in [-0.2, -0.15) is 0 Å². The van der Waals surface area contributed by atoms with Crippen molar-refractivity contribution in [2.75, 3.05) is 13.6 Å². The minimum Gasteiger partial charge on any atom is -0.344 e. The van der Waals surface area contributed by atoms with Crippen LogP contribution in [0.2, 0.25) is 0 Å². The second-order valence-corrected chi connectivity index (χ2v) is 5.29. The number of hydrogen-bond donors (Lipinski definition) is 0. The van der Waals surface area contributed by atoms with Crippen LogP contribution in [0.3, 0.4) is 0 Å². The van der Waals surface area contributed by atoms with Gasteiger partial charge in [0, 0.05) is 25.4 Å². The van der Waals surface area contributed by atoms with Crippen molar-refractivity contribution in [2.45, 2.75) is 32.1 Å². The summed E-state index contributed by atoms with van der Waals surface area (Å²) >= 11 is 5.86. The van der Waals surface area contributed by atoms with Gasteiger partial charge < -0.3 is 4.90 Å². The molecule has 0 N–H and O–H groups in total. The van der Waals surface area contributed by atoms with Crippen LogP contribution < -0.4 is 0 Å². The Morgan fingerprint density at radius 3 is 2.47 bits per heavy atom. The third-order valence-electron chi connectivity index (χ3n) is 2.70. The maximum atomic E-state index is 11.8. The number of halogens is 1. The maximum absolute atomic E-state index is 11.8. The second kappa shape index (κ2) is 6.65. The first kappa shape index (κ1) is 14.0. The fourth-order valence-electron chi connectivity index (χ4n) is 1.68. The number of aryl methyl sites for hydroxylation is 2. The number of rotatable bonds is 5. The van der Waals surface area contributed by atoms with Crippen molar-refractivity contribution in [1.29, 1.82) is 0 Å². The first-order valence-corrected chi connectivity index (χ1v) is 6.36. The molecule has 0 spiro atoms. The van der Waals surface area contributed by atoms with Gasteiger partial charge in [0.05, 0.1) is 0 Å². The van der Waals surface area contributed by atoms with E-state index >= 15 is 0 Å². The molecule has 1 unspecified atom stereocenters. The van der Waals surface area contributed by atoms with Crippen LogP contribution in [0.15, 0.2) is 24.3 Å². The summed E-state index contributed by atoms with van der Waals surface area (Å²) in [6.07, 6.45) is 1.34. The predicted molar refractivity (Wildman–Crippen MR) is 72.5 cm³/mol. The van der Waals surface area contributed by atoms with Crippen LogP contribution in [0.1, 0.15) is 24.5 Å². The molecular weight excluding hydrogens is 234 g/mol. The topological polar surface area (TPSA) is 20.3 Å². The van der Waals surface area contributed by atoms with E-state index in [1.165, 1.54) is 11.1 Å². The van der Waals surface area contributed by atoms with Gasteiger partial charge >= 0.3 is 0 Å². The number of alkyl halides is 1. The minimum atomic E-state index is 0.00308. The average Bonchev–Trinajstić information content (AvgIpc) is 2.27. The lowest BCUT2D eigenvalue weighted by Gasteiger charge is -2.18. The van der Waals surface area contributed by atoms with Gasteiger partial charge in [0.25, 0.3) is 0 Å². The summed E-state index contributed by atoms with van der Waals surface area (Å²) in [5, 5.41) is 0.00308. The molecule has 1 atom stereocenters. The molecule has 1 amide bonds. The van der Waals surface area contributed by atoms with Crippen LogP contribution in [-0.2, 0) is 11.2 Å². The van der Waals surface area contributed by atoms with Crippen molar-refractivity contribution < 1.29 is 4.79 Å². The van der Waals surface area contributed by atoms with Crippen molar-refractivity contribution in [3.63, 3.8) is 0 Å². The molecule has 0 fully saturated rings. The number of carbonyl (C=O) groups is 1. The monoisotopic (exact) mass is 253 g/mol. The van der Waals surface area contributed by atoms with Crippen molar-refractivity contribution in [2.24, 2.45) is 0 Å². The SMILES string of the molecule is Cc1ccc(CCC(=O)N(C)CC(C)Cl)cc1. The van der Waals surface area contributed by atoms with E-state index < -0.39 is 0 Å². The lowest BCUT2D eigenvalue weighted by molar-refractivity contribution is -0.129. The summed E-state index contributed by atoms with van der Waals surface area (Å²) in [6, 6.07) is 8.30. The molecule has 0 saturated heterocycles. The van der Waals surface area contributed by atoms with Gasteiger partial charge in [-0.25, -0.2) is 0 Å². The number of amides is 1. The van der Waals surface area contributed by atoms with E-state index in [4.69, 9.17) is 11.6 Å². The Labute approximate surface area is 109 Å². The highest BCUT2D eigenvalue weighted by molar-refractivity contribution is 6.20. The fraction of sp³-hybridized carbons (Fsp3) is 0.500. The third-order valence-corrected chi connectivity index (χ3v) is 2.84. The summed E-state index contributed by atoms with van der Waals surface area (Å²) in [7, 11) is 1.80. The zero-order valence-electron chi connectivity index (χ0n) is 10.7. The lowest BCUT2D eigenvalue weighted by atomic mass is 10.1. The zero-order valence-corrected chi connectivity index (χ0v) is 11.5. The molecule has 0 radical (unpaired) electrons. The normalized spacial score (nSPS) is 12.2. The molecule has 0 heterocycles. The van der Waals surface area contributed by atoms with Crippen LogP contribution in [0.4, 0.5) is 0 Å². The van der Waals surface area contributed by atoms with Gasteiger partial charge in [0.15, 0.2) is 0 Å². The molecule has 17 heavy (non-hydrogen) atoms. The molecule has 0 aliphatic heterocycles. The summed E-state index contributed by atoms with van der Waals surface area (Å²) in [5.74, 6) is 0.151. The maximum Gasteiger partial charge on any atom is 0.222 e.